The van der Waals surface area contributed by atoms with Gasteiger partial charge in [-0.25, -0.2) is 8.51 Å². The third kappa shape index (κ3) is 6.13. The first kappa shape index (κ1) is 25.2. The number of methoxy groups -OCH3 is 2. The summed E-state index contributed by atoms with van der Waals surface area (Å²) in [6.07, 6.45) is 2.14. The zero-order valence-corrected chi connectivity index (χ0v) is 21.3. The zero-order chi connectivity index (χ0) is 24.1. The lowest BCUT2D eigenvalue weighted by molar-refractivity contribution is -0.116. The second kappa shape index (κ2) is 11.1. The van der Waals surface area contributed by atoms with Gasteiger partial charge in [0.2, 0.25) is 5.91 Å². The average Bonchev–Trinajstić information content (AvgIpc) is 2.97. The van der Waals surface area contributed by atoms with Crippen LogP contribution >= 0.6 is 0 Å². The number of carbonyl (C=O) groups is 1. The molecule has 1 unspecified atom stereocenters. The van der Waals surface area contributed by atoms with Crippen molar-refractivity contribution < 1.29 is 18.5 Å². The Labute approximate surface area is 199 Å². The van der Waals surface area contributed by atoms with Crippen molar-refractivity contribution in [3.8, 4) is 11.5 Å². The minimum atomic E-state index is -1.37. The quantitative estimate of drug-likeness (QED) is 0.637. The summed E-state index contributed by atoms with van der Waals surface area (Å²) in [7, 11) is 5.77. The van der Waals surface area contributed by atoms with Gasteiger partial charge in [0.1, 0.15) is 22.5 Å². The summed E-state index contributed by atoms with van der Waals surface area (Å²) >= 11 is 0. The largest absolute Gasteiger partial charge is 0.497 e. The van der Waals surface area contributed by atoms with Crippen LogP contribution < -0.4 is 14.8 Å². The zero-order valence-electron chi connectivity index (χ0n) is 20.5. The molecule has 0 saturated carbocycles. The highest BCUT2D eigenvalue weighted by atomic mass is 32.2. The lowest BCUT2D eigenvalue weighted by Gasteiger charge is -2.19. The van der Waals surface area contributed by atoms with Crippen LogP contribution in [0.25, 0.3) is 0 Å². The molecule has 180 valence electrons. The first-order valence-corrected chi connectivity index (χ1v) is 12.3. The number of carbonyl (C=O) groups excluding carboxylic acids is 1. The van der Waals surface area contributed by atoms with Gasteiger partial charge in [0.15, 0.2) is 0 Å². The molecule has 33 heavy (non-hydrogen) atoms. The van der Waals surface area contributed by atoms with Crippen molar-refractivity contribution in [2.45, 2.75) is 38.0 Å². The van der Waals surface area contributed by atoms with Gasteiger partial charge in [-0.05, 0) is 80.3 Å². The number of nitrogens with zero attached hydrogens (tertiary/aromatic N) is 2. The minimum Gasteiger partial charge on any atom is -0.497 e. The summed E-state index contributed by atoms with van der Waals surface area (Å²) in [4.78, 5) is 15.8. The molecule has 2 aromatic rings. The molecule has 0 fully saturated rings. The van der Waals surface area contributed by atoms with Crippen LogP contribution in [0.2, 0.25) is 0 Å². The molecule has 0 radical (unpaired) electrons. The van der Waals surface area contributed by atoms with Crippen molar-refractivity contribution in [3.63, 3.8) is 0 Å². The Kier molecular flexibility index (Phi) is 8.51. The summed E-state index contributed by atoms with van der Waals surface area (Å²) in [5.74, 6) is 1.29. The molecular weight excluding hydrogens is 438 g/mol. The third-order valence-corrected chi connectivity index (χ3v) is 7.84. The number of anilines is 1. The Balaban J connectivity index is 1.65. The third-order valence-electron chi connectivity index (χ3n) is 6.10. The number of benzene rings is 2. The SMILES string of the molecule is COc1cc(C)c(S(=O)N(C)CCC(=O)Nc2cc3c(cc2OC)CCN(C)CC3)c(C)c1. The van der Waals surface area contributed by atoms with Gasteiger partial charge < -0.3 is 19.7 Å². The maximum absolute atomic E-state index is 13.1. The van der Waals surface area contributed by atoms with Crippen molar-refractivity contribution in [2.75, 3.05) is 53.3 Å². The van der Waals surface area contributed by atoms with Gasteiger partial charge in [0.25, 0.3) is 0 Å². The lowest BCUT2D eigenvalue weighted by Crippen LogP contribution is -2.27. The van der Waals surface area contributed by atoms with E-state index in [1.807, 2.05) is 38.1 Å². The molecule has 8 heteroatoms. The Morgan fingerprint density at radius 2 is 1.67 bits per heavy atom. The summed E-state index contributed by atoms with van der Waals surface area (Å²) < 4.78 is 25.7. The van der Waals surface area contributed by atoms with Crippen LogP contribution in [-0.4, -0.2) is 67.3 Å². The van der Waals surface area contributed by atoms with Gasteiger partial charge in [-0.2, -0.15) is 0 Å². The van der Waals surface area contributed by atoms with Crippen molar-refractivity contribution >= 4 is 22.6 Å². The van der Waals surface area contributed by atoms with E-state index in [0.29, 0.717) is 18.0 Å². The van der Waals surface area contributed by atoms with E-state index in [2.05, 4.69) is 17.3 Å². The van der Waals surface area contributed by atoms with E-state index in [-0.39, 0.29) is 12.3 Å². The van der Waals surface area contributed by atoms with Crippen LogP contribution in [0.1, 0.15) is 28.7 Å². The number of hydrogen-bond donors (Lipinski definition) is 1. The predicted octanol–water partition coefficient (Wildman–Crippen LogP) is 3.33. The number of likely N-dealkylation sites (N-methyl/N-ethyl adjacent to an activating group) is 1. The summed E-state index contributed by atoms with van der Waals surface area (Å²) in [5, 5.41) is 3.00. The van der Waals surface area contributed by atoms with Crippen LogP contribution in [0.3, 0.4) is 0 Å². The average molecular weight is 474 g/mol. The molecule has 1 amide bonds. The second-order valence-corrected chi connectivity index (χ2v) is 10.1. The van der Waals surface area contributed by atoms with Gasteiger partial charge in [-0.15, -0.1) is 0 Å². The van der Waals surface area contributed by atoms with Gasteiger partial charge in [0, 0.05) is 33.1 Å². The van der Waals surface area contributed by atoms with Crippen molar-refractivity contribution in [1.29, 1.82) is 0 Å². The molecule has 0 bridgehead atoms. The van der Waals surface area contributed by atoms with Crippen LogP contribution in [0, 0.1) is 13.8 Å². The maximum Gasteiger partial charge on any atom is 0.225 e. The molecule has 0 aliphatic carbocycles. The molecule has 2 aromatic carbocycles. The summed E-state index contributed by atoms with van der Waals surface area (Å²) in [6, 6.07) is 7.84. The lowest BCUT2D eigenvalue weighted by atomic mass is 10.0. The fourth-order valence-electron chi connectivity index (χ4n) is 4.15. The number of ether oxygens (including phenoxy) is 2. The number of amides is 1. The molecule has 0 spiro atoms. The van der Waals surface area contributed by atoms with Crippen LogP contribution in [0.4, 0.5) is 5.69 Å². The molecule has 0 aromatic heterocycles. The first-order valence-electron chi connectivity index (χ1n) is 11.2. The highest BCUT2D eigenvalue weighted by molar-refractivity contribution is 7.82. The molecule has 3 rings (SSSR count). The van der Waals surface area contributed by atoms with Crippen molar-refractivity contribution in [3.05, 3.63) is 46.5 Å². The van der Waals surface area contributed by atoms with Crippen LogP contribution in [0.15, 0.2) is 29.2 Å². The van der Waals surface area contributed by atoms with Gasteiger partial charge in [-0.1, -0.05) is 0 Å². The predicted molar refractivity (Wildman–Crippen MR) is 133 cm³/mol. The number of fused-ring (bicyclic) bond motifs is 1. The number of nitrogens with one attached hydrogen (secondary N) is 1. The molecule has 1 atom stereocenters. The Bertz CT molecular complexity index is 1020. The molecule has 1 N–H and O–H groups in total. The highest BCUT2D eigenvalue weighted by Gasteiger charge is 2.19. The minimum absolute atomic E-state index is 0.133. The monoisotopic (exact) mass is 473 g/mol. The second-order valence-electron chi connectivity index (χ2n) is 8.61. The summed E-state index contributed by atoms with van der Waals surface area (Å²) in [6.45, 7) is 6.21. The fourth-order valence-corrected chi connectivity index (χ4v) is 5.38. The Morgan fingerprint density at radius 1 is 1.06 bits per heavy atom. The molecule has 7 nitrogen and oxygen atoms in total. The fraction of sp³-hybridized carbons (Fsp3) is 0.480. The van der Waals surface area contributed by atoms with E-state index in [0.717, 1.165) is 47.7 Å². The van der Waals surface area contributed by atoms with Crippen molar-refractivity contribution in [1.82, 2.24) is 9.21 Å². The highest BCUT2D eigenvalue weighted by Crippen LogP contribution is 2.31. The molecule has 1 aliphatic heterocycles. The number of hydrogen-bond acceptors (Lipinski definition) is 5. The molecule has 0 saturated heterocycles. The van der Waals surface area contributed by atoms with Gasteiger partial charge in [0.05, 0.1) is 24.8 Å². The van der Waals surface area contributed by atoms with Crippen molar-refractivity contribution in [2.24, 2.45) is 0 Å². The molecule has 1 heterocycles. The standard InChI is InChI=1S/C25H35N3O4S/c1-17-13-21(31-5)14-18(2)25(17)33(30)28(4)12-9-24(29)26-22-15-19-7-10-27(3)11-8-20(19)16-23(22)32-6/h13-16H,7-12H2,1-6H3,(H,26,29). The molecular formula is C25H35N3O4S. The van der Waals surface area contributed by atoms with E-state index in [1.54, 1.807) is 25.6 Å². The first-order chi connectivity index (χ1) is 15.7. The maximum atomic E-state index is 13.1. The summed E-state index contributed by atoms with van der Waals surface area (Å²) in [5.41, 5.74) is 5.02. The smallest absolute Gasteiger partial charge is 0.225 e. The number of rotatable bonds is 8. The van der Waals surface area contributed by atoms with E-state index in [1.165, 1.54) is 11.1 Å². The van der Waals surface area contributed by atoms with E-state index in [4.69, 9.17) is 9.47 Å². The Hall–Kier alpha value is -2.42. The van der Waals surface area contributed by atoms with E-state index in [9.17, 15) is 9.00 Å². The van der Waals surface area contributed by atoms with Crippen LogP contribution in [0.5, 0.6) is 11.5 Å². The topological polar surface area (TPSA) is 71.1 Å². The van der Waals surface area contributed by atoms with Gasteiger partial charge in [-0.3, -0.25) is 4.79 Å². The van der Waals surface area contributed by atoms with E-state index < -0.39 is 11.0 Å². The Morgan fingerprint density at radius 3 is 2.24 bits per heavy atom. The van der Waals surface area contributed by atoms with E-state index >= 15 is 0 Å². The molecule has 1 aliphatic rings. The van der Waals surface area contributed by atoms with Gasteiger partial charge >= 0.3 is 0 Å². The van der Waals surface area contributed by atoms with Crippen LogP contribution in [-0.2, 0) is 28.6 Å². The normalized spacial score (nSPS) is 15.0. The number of aryl methyl sites for hydroxylation is 2.